The lowest BCUT2D eigenvalue weighted by molar-refractivity contribution is -0.124. The minimum Gasteiger partial charge on any atom is -0.347 e. The lowest BCUT2D eigenvalue weighted by Gasteiger charge is -2.10. The van der Waals surface area contributed by atoms with Crippen LogP contribution >= 0.6 is 0 Å². The van der Waals surface area contributed by atoms with Crippen molar-refractivity contribution in [1.29, 1.82) is 0 Å². The Balaban J connectivity index is 1.65. The second kappa shape index (κ2) is 7.16. The van der Waals surface area contributed by atoms with Gasteiger partial charge < -0.3 is 10.6 Å². The van der Waals surface area contributed by atoms with Gasteiger partial charge in [-0.15, -0.1) is 0 Å². The molecule has 4 N–H and O–H groups in total. The summed E-state index contributed by atoms with van der Waals surface area (Å²) in [5, 5.41) is 9.86. The van der Waals surface area contributed by atoms with Crippen LogP contribution in [-0.2, 0) is 9.59 Å². The fraction of sp³-hybridized carbons (Fsp3) is 0.294. The summed E-state index contributed by atoms with van der Waals surface area (Å²) in [6, 6.07) is 4.59. The molecule has 8 nitrogen and oxygen atoms in total. The summed E-state index contributed by atoms with van der Waals surface area (Å²) in [6.07, 6.45) is 6.34. The third-order valence-electron chi connectivity index (χ3n) is 4.11. The van der Waals surface area contributed by atoms with Crippen molar-refractivity contribution >= 4 is 28.3 Å². The molecule has 1 aliphatic carbocycles. The normalized spacial score (nSPS) is 16.1. The number of aromatic nitrogens is 2. The molecule has 3 rings (SSSR count). The van der Waals surface area contributed by atoms with Crippen molar-refractivity contribution in [1.82, 2.24) is 15.5 Å². The number of H-pyrrole nitrogens is 2. The minimum absolute atomic E-state index is 0.0991. The van der Waals surface area contributed by atoms with Crippen LogP contribution in [-0.4, -0.2) is 28.6 Å². The molecule has 0 spiro atoms. The van der Waals surface area contributed by atoms with Crippen LogP contribution in [0, 0.1) is 5.92 Å². The number of fused-ring (bicyclic) bond motifs is 1. The third-order valence-corrected chi connectivity index (χ3v) is 4.11. The molecule has 0 bridgehead atoms. The maximum atomic E-state index is 12.1. The van der Waals surface area contributed by atoms with E-state index in [4.69, 9.17) is 0 Å². The van der Waals surface area contributed by atoms with Gasteiger partial charge in [0, 0.05) is 6.42 Å². The van der Waals surface area contributed by atoms with Gasteiger partial charge in [-0.3, -0.25) is 29.4 Å². The lowest BCUT2D eigenvalue weighted by atomic mass is 10.1. The van der Waals surface area contributed by atoms with Crippen LogP contribution in [0.15, 0.2) is 39.9 Å². The van der Waals surface area contributed by atoms with Crippen LogP contribution in [0.4, 0.5) is 5.69 Å². The van der Waals surface area contributed by atoms with E-state index in [1.54, 1.807) is 6.07 Å². The van der Waals surface area contributed by atoms with E-state index in [0.717, 1.165) is 12.8 Å². The predicted molar refractivity (Wildman–Crippen MR) is 93.3 cm³/mol. The van der Waals surface area contributed by atoms with Crippen molar-refractivity contribution in [3.63, 3.8) is 0 Å². The quantitative estimate of drug-likeness (QED) is 0.595. The maximum Gasteiger partial charge on any atom is 0.272 e. The molecule has 0 saturated carbocycles. The van der Waals surface area contributed by atoms with E-state index in [-0.39, 0.29) is 34.8 Å². The second-order valence-electron chi connectivity index (χ2n) is 5.93. The van der Waals surface area contributed by atoms with E-state index in [2.05, 4.69) is 20.8 Å². The van der Waals surface area contributed by atoms with E-state index in [1.807, 2.05) is 12.2 Å². The molecular formula is C17H18N4O4. The molecule has 0 saturated heterocycles. The molecule has 1 aliphatic rings. The molecule has 0 fully saturated rings. The highest BCUT2D eigenvalue weighted by atomic mass is 16.2. The van der Waals surface area contributed by atoms with Crippen molar-refractivity contribution in [3.8, 4) is 0 Å². The number of hydrogen-bond acceptors (Lipinski definition) is 4. The Bertz CT molecular complexity index is 957. The zero-order valence-electron chi connectivity index (χ0n) is 13.4. The van der Waals surface area contributed by atoms with Gasteiger partial charge in [0.1, 0.15) is 0 Å². The van der Waals surface area contributed by atoms with Crippen LogP contribution in [0.1, 0.15) is 19.3 Å². The number of benzene rings is 1. The molecule has 0 unspecified atom stereocenters. The van der Waals surface area contributed by atoms with Crippen molar-refractivity contribution in [2.45, 2.75) is 19.3 Å². The fourth-order valence-electron chi connectivity index (χ4n) is 2.88. The summed E-state index contributed by atoms with van der Waals surface area (Å²) in [7, 11) is 0. The zero-order chi connectivity index (χ0) is 17.8. The highest BCUT2D eigenvalue weighted by molar-refractivity contribution is 6.02. The van der Waals surface area contributed by atoms with E-state index < -0.39 is 17.0 Å². The average molecular weight is 342 g/mol. The number of amides is 2. The second-order valence-corrected chi connectivity index (χ2v) is 5.93. The van der Waals surface area contributed by atoms with Gasteiger partial charge >= 0.3 is 0 Å². The highest BCUT2D eigenvalue weighted by Crippen LogP contribution is 2.20. The summed E-state index contributed by atoms with van der Waals surface area (Å²) in [4.78, 5) is 47.6. The van der Waals surface area contributed by atoms with Crippen LogP contribution in [0.3, 0.4) is 0 Å². The molecular weight excluding hydrogens is 324 g/mol. The Morgan fingerprint density at radius 3 is 2.68 bits per heavy atom. The molecule has 8 heteroatoms. The van der Waals surface area contributed by atoms with Gasteiger partial charge in [-0.05, 0) is 30.9 Å². The first kappa shape index (κ1) is 16.7. The third kappa shape index (κ3) is 3.85. The average Bonchev–Trinajstić information content (AvgIpc) is 3.09. The van der Waals surface area contributed by atoms with Gasteiger partial charge in [0.15, 0.2) is 0 Å². The highest BCUT2D eigenvalue weighted by Gasteiger charge is 2.15. The molecule has 1 heterocycles. The van der Waals surface area contributed by atoms with Crippen molar-refractivity contribution in [2.24, 2.45) is 5.92 Å². The Morgan fingerprint density at radius 2 is 1.92 bits per heavy atom. The van der Waals surface area contributed by atoms with Crippen LogP contribution < -0.4 is 21.8 Å². The standard InChI is InChI=1S/C17H18N4O4/c22-13(8-10-4-1-2-5-10)18-9-14(23)19-12-7-3-6-11-15(12)17(25)21-20-16(11)24/h1,3-4,6-7,10H,2,5,8-9H2,(H,18,22)(H,19,23)(H,20,24)(H,21,25)/t10-/m0/s1. The molecule has 1 atom stereocenters. The molecule has 0 aliphatic heterocycles. The predicted octanol–water partition coefficient (Wildman–Crippen LogP) is 0.627. The number of carbonyl (C=O) groups excluding carboxylic acids is 2. The first-order chi connectivity index (χ1) is 12.0. The number of carbonyl (C=O) groups is 2. The van der Waals surface area contributed by atoms with E-state index in [9.17, 15) is 19.2 Å². The summed E-state index contributed by atoms with van der Waals surface area (Å²) in [5.41, 5.74) is -0.742. The van der Waals surface area contributed by atoms with Crippen molar-refractivity contribution in [2.75, 3.05) is 11.9 Å². The summed E-state index contributed by atoms with van der Waals surface area (Å²) in [5.74, 6) is -0.437. The van der Waals surface area contributed by atoms with E-state index >= 15 is 0 Å². The number of hydrogen-bond donors (Lipinski definition) is 4. The smallest absolute Gasteiger partial charge is 0.272 e. The number of aromatic amines is 2. The van der Waals surface area contributed by atoms with E-state index in [1.165, 1.54) is 12.1 Å². The van der Waals surface area contributed by atoms with E-state index in [0.29, 0.717) is 6.42 Å². The summed E-state index contributed by atoms with van der Waals surface area (Å²) in [6.45, 7) is -0.202. The molecule has 2 aromatic rings. The lowest BCUT2D eigenvalue weighted by Crippen LogP contribution is -2.33. The fourth-order valence-corrected chi connectivity index (χ4v) is 2.88. The van der Waals surface area contributed by atoms with Crippen LogP contribution in [0.25, 0.3) is 10.8 Å². The molecule has 2 amide bonds. The topological polar surface area (TPSA) is 124 Å². The summed E-state index contributed by atoms with van der Waals surface area (Å²) < 4.78 is 0. The molecule has 1 aromatic carbocycles. The van der Waals surface area contributed by atoms with Gasteiger partial charge in [-0.1, -0.05) is 18.2 Å². The van der Waals surface area contributed by atoms with Crippen LogP contribution in [0.2, 0.25) is 0 Å². The molecule has 1 aromatic heterocycles. The SMILES string of the molecule is O=C(C[C@H]1C=CCC1)NCC(=O)Nc1cccc2c(=O)[nH][nH]c(=O)c12. The summed E-state index contributed by atoms with van der Waals surface area (Å²) >= 11 is 0. The van der Waals surface area contributed by atoms with Gasteiger partial charge in [-0.25, -0.2) is 0 Å². The molecule has 130 valence electrons. The number of nitrogens with one attached hydrogen (secondary N) is 4. The first-order valence-electron chi connectivity index (χ1n) is 8.01. The Morgan fingerprint density at radius 1 is 1.12 bits per heavy atom. The Kier molecular flexibility index (Phi) is 4.78. The van der Waals surface area contributed by atoms with Gasteiger partial charge in [0.05, 0.1) is 23.0 Å². The Labute approximate surface area is 142 Å². The molecule has 0 radical (unpaired) electrons. The van der Waals surface area contributed by atoms with Gasteiger partial charge in [0.2, 0.25) is 11.8 Å². The Hall–Kier alpha value is -3.16. The zero-order valence-corrected chi connectivity index (χ0v) is 13.4. The first-order valence-corrected chi connectivity index (χ1v) is 8.01. The number of allylic oxidation sites excluding steroid dienone is 2. The largest absolute Gasteiger partial charge is 0.347 e. The van der Waals surface area contributed by atoms with Crippen molar-refractivity contribution in [3.05, 3.63) is 51.1 Å². The molecule has 25 heavy (non-hydrogen) atoms. The number of anilines is 1. The van der Waals surface area contributed by atoms with Gasteiger partial charge in [-0.2, -0.15) is 0 Å². The van der Waals surface area contributed by atoms with Gasteiger partial charge in [0.25, 0.3) is 11.1 Å². The van der Waals surface area contributed by atoms with Crippen LogP contribution in [0.5, 0.6) is 0 Å². The number of rotatable bonds is 5. The monoisotopic (exact) mass is 342 g/mol. The van der Waals surface area contributed by atoms with Crippen molar-refractivity contribution < 1.29 is 9.59 Å². The minimum atomic E-state index is -0.512. The maximum absolute atomic E-state index is 12.1.